The van der Waals surface area contributed by atoms with E-state index in [1.807, 2.05) is 24.3 Å². The molecule has 2 nitrogen and oxygen atoms in total. The van der Waals surface area contributed by atoms with Gasteiger partial charge in [0.1, 0.15) is 11.9 Å². The minimum atomic E-state index is -0.773. The highest BCUT2D eigenvalue weighted by Gasteiger charge is 2.25. The van der Waals surface area contributed by atoms with E-state index in [1.165, 1.54) is 0 Å². The number of hydrogen-bond acceptors (Lipinski definition) is 2. The molecule has 0 spiro atoms. The first-order valence-electron chi connectivity index (χ1n) is 6.89. The Bertz CT molecular complexity index is 352. The lowest BCUT2D eigenvalue weighted by molar-refractivity contribution is 0.231. The van der Waals surface area contributed by atoms with Crippen molar-refractivity contribution in [2.75, 3.05) is 19.7 Å². The summed E-state index contributed by atoms with van der Waals surface area (Å²) in [5.74, 6) is 0.924. The van der Waals surface area contributed by atoms with Gasteiger partial charge in [-0.3, -0.25) is 0 Å². The Labute approximate surface area is 109 Å². The molecule has 0 aliphatic carbocycles. The van der Waals surface area contributed by atoms with Crippen LogP contribution in [-0.2, 0) is 0 Å². The van der Waals surface area contributed by atoms with Crippen LogP contribution in [-0.4, -0.2) is 25.9 Å². The molecule has 1 heterocycles. The highest BCUT2D eigenvalue weighted by molar-refractivity contribution is 5.30. The molecule has 3 heteroatoms. The van der Waals surface area contributed by atoms with E-state index in [-0.39, 0.29) is 5.92 Å². The molecular weight excluding hydrogens is 229 g/mol. The number of rotatable bonds is 5. The van der Waals surface area contributed by atoms with Crippen molar-refractivity contribution < 1.29 is 9.13 Å². The van der Waals surface area contributed by atoms with Gasteiger partial charge in [0.25, 0.3) is 0 Å². The zero-order valence-electron chi connectivity index (χ0n) is 11.0. The Balaban J connectivity index is 1.94. The van der Waals surface area contributed by atoms with Crippen molar-refractivity contribution in [3.8, 4) is 5.75 Å². The van der Waals surface area contributed by atoms with Crippen molar-refractivity contribution >= 4 is 0 Å². The van der Waals surface area contributed by atoms with E-state index in [4.69, 9.17) is 4.74 Å². The minimum Gasteiger partial charge on any atom is -0.494 e. The number of benzene rings is 1. The molecule has 0 amide bonds. The van der Waals surface area contributed by atoms with Crippen molar-refractivity contribution in [2.24, 2.45) is 0 Å². The molecule has 1 saturated heterocycles. The summed E-state index contributed by atoms with van der Waals surface area (Å²) < 4.78 is 19.4. The maximum Gasteiger partial charge on any atom is 0.119 e. The highest BCUT2D eigenvalue weighted by atomic mass is 19.1. The second-order valence-corrected chi connectivity index (χ2v) is 4.89. The summed E-state index contributed by atoms with van der Waals surface area (Å²) in [6.07, 6.45) is 2.31. The van der Waals surface area contributed by atoms with E-state index in [0.29, 0.717) is 6.54 Å². The molecule has 2 rings (SSSR count). The van der Waals surface area contributed by atoms with Gasteiger partial charge in [0, 0.05) is 12.5 Å². The molecule has 0 aromatic heterocycles. The van der Waals surface area contributed by atoms with Crippen LogP contribution >= 0.6 is 0 Å². The lowest BCUT2D eigenvalue weighted by Gasteiger charge is -2.27. The Morgan fingerprint density at radius 3 is 2.78 bits per heavy atom. The Hall–Kier alpha value is -1.09. The number of ether oxygens (including phenoxy) is 1. The molecule has 1 aliphatic rings. The van der Waals surface area contributed by atoms with Crippen LogP contribution in [0.5, 0.6) is 5.75 Å². The van der Waals surface area contributed by atoms with E-state index >= 15 is 0 Å². The van der Waals surface area contributed by atoms with E-state index in [1.54, 1.807) is 0 Å². The second kappa shape index (κ2) is 6.74. The van der Waals surface area contributed by atoms with Crippen LogP contribution < -0.4 is 10.1 Å². The quantitative estimate of drug-likeness (QED) is 0.811. The van der Waals surface area contributed by atoms with Crippen LogP contribution in [0.15, 0.2) is 24.3 Å². The fraction of sp³-hybridized carbons (Fsp3) is 0.600. The molecule has 1 aliphatic heterocycles. The van der Waals surface area contributed by atoms with E-state index in [0.717, 1.165) is 43.7 Å². The van der Waals surface area contributed by atoms with Gasteiger partial charge >= 0.3 is 0 Å². The van der Waals surface area contributed by atoms with Crippen LogP contribution in [0.1, 0.15) is 37.7 Å². The third-order valence-electron chi connectivity index (χ3n) is 3.48. The molecule has 1 N–H and O–H groups in total. The topological polar surface area (TPSA) is 21.3 Å². The molecule has 0 bridgehead atoms. The van der Waals surface area contributed by atoms with Gasteiger partial charge in [0.15, 0.2) is 0 Å². The molecule has 1 fully saturated rings. The normalized spacial score (nSPS) is 23.9. The molecule has 100 valence electrons. The largest absolute Gasteiger partial charge is 0.494 e. The van der Waals surface area contributed by atoms with E-state index in [9.17, 15) is 4.39 Å². The summed E-state index contributed by atoms with van der Waals surface area (Å²) in [5.41, 5.74) is 1.09. The van der Waals surface area contributed by atoms with Gasteiger partial charge in [-0.1, -0.05) is 25.5 Å². The number of alkyl halides is 1. The van der Waals surface area contributed by atoms with Crippen molar-refractivity contribution in [3.63, 3.8) is 0 Å². The molecule has 1 aromatic rings. The van der Waals surface area contributed by atoms with Crippen molar-refractivity contribution in [3.05, 3.63) is 29.8 Å². The molecule has 0 radical (unpaired) electrons. The van der Waals surface area contributed by atoms with Gasteiger partial charge < -0.3 is 10.1 Å². The summed E-state index contributed by atoms with van der Waals surface area (Å²) in [4.78, 5) is 0. The Kier molecular flexibility index (Phi) is 5.00. The maximum atomic E-state index is 13.8. The molecule has 2 atom stereocenters. The van der Waals surface area contributed by atoms with Crippen LogP contribution in [0.25, 0.3) is 0 Å². The summed E-state index contributed by atoms with van der Waals surface area (Å²) in [6.45, 7) is 4.28. The summed E-state index contributed by atoms with van der Waals surface area (Å²) >= 11 is 0. The van der Waals surface area contributed by atoms with Crippen molar-refractivity contribution in [2.45, 2.75) is 38.3 Å². The summed E-state index contributed by atoms with van der Waals surface area (Å²) in [5, 5.41) is 3.08. The first-order chi connectivity index (χ1) is 8.81. The van der Waals surface area contributed by atoms with Gasteiger partial charge in [-0.25, -0.2) is 4.39 Å². The minimum absolute atomic E-state index is 0.0379. The number of unbranched alkanes of at least 4 members (excludes halogenated alkanes) is 1. The number of piperidine rings is 1. The number of hydrogen-bond donors (Lipinski definition) is 1. The van der Waals surface area contributed by atoms with E-state index in [2.05, 4.69) is 12.2 Å². The fourth-order valence-corrected chi connectivity index (χ4v) is 2.34. The van der Waals surface area contributed by atoms with Crippen molar-refractivity contribution in [1.82, 2.24) is 5.32 Å². The standard InChI is InChI=1S/C15H22FNO/c1-2-3-10-18-13-6-4-12(5-7-13)14-8-9-17-11-15(14)16/h4-7,14-15,17H,2-3,8-11H2,1H3/t14-,15-/m1/s1. The first-order valence-corrected chi connectivity index (χ1v) is 6.89. The molecule has 18 heavy (non-hydrogen) atoms. The lowest BCUT2D eigenvalue weighted by Crippen LogP contribution is -2.36. The SMILES string of the molecule is CCCCOc1ccc([C@H]2CCNC[C@H]2F)cc1. The first kappa shape index (κ1) is 13.3. The average molecular weight is 251 g/mol. The van der Waals surface area contributed by atoms with Gasteiger partial charge in [-0.15, -0.1) is 0 Å². The number of nitrogens with one attached hydrogen (secondary N) is 1. The number of halogens is 1. The van der Waals surface area contributed by atoms with Gasteiger partial charge in [-0.05, 0) is 37.1 Å². The summed E-state index contributed by atoms with van der Waals surface area (Å²) in [7, 11) is 0. The third-order valence-corrected chi connectivity index (χ3v) is 3.48. The second-order valence-electron chi connectivity index (χ2n) is 4.89. The summed E-state index contributed by atoms with van der Waals surface area (Å²) in [6, 6.07) is 7.92. The molecule has 0 unspecified atom stereocenters. The zero-order valence-corrected chi connectivity index (χ0v) is 11.0. The zero-order chi connectivity index (χ0) is 12.8. The molecular formula is C15H22FNO. The predicted octanol–water partition coefficient (Wildman–Crippen LogP) is 3.28. The highest BCUT2D eigenvalue weighted by Crippen LogP contribution is 2.28. The van der Waals surface area contributed by atoms with Crippen molar-refractivity contribution in [1.29, 1.82) is 0 Å². The van der Waals surface area contributed by atoms with Gasteiger partial charge in [-0.2, -0.15) is 0 Å². The van der Waals surface area contributed by atoms with Gasteiger partial charge in [0.2, 0.25) is 0 Å². The van der Waals surface area contributed by atoms with Crippen LogP contribution in [0.4, 0.5) is 4.39 Å². The monoisotopic (exact) mass is 251 g/mol. The Morgan fingerprint density at radius 2 is 2.11 bits per heavy atom. The fourth-order valence-electron chi connectivity index (χ4n) is 2.34. The van der Waals surface area contributed by atoms with Crippen LogP contribution in [0.2, 0.25) is 0 Å². The lowest BCUT2D eigenvalue weighted by atomic mass is 9.89. The maximum absolute atomic E-state index is 13.8. The average Bonchev–Trinajstić information content (AvgIpc) is 2.41. The third kappa shape index (κ3) is 3.45. The molecule has 0 saturated carbocycles. The van der Waals surface area contributed by atoms with Gasteiger partial charge in [0.05, 0.1) is 6.61 Å². The molecule has 1 aromatic carbocycles. The van der Waals surface area contributed by atoms with E-state index < -0.39 is 6.17 Å². The van der Waals surface area contributed by atoms with Crippen LogP contribution in [0, 0.1) is 0 Å². The smallest absolute Gasteiger partial charge is 0.119 e. The van der Waals surface area contributed by atoms with Crippen LogP contribution in [0.3, 0.4) is 0 Å². The predicted molar refractivity (Wildman–Crippen MR) is 72.0 cm³/mol. The Morgan fingerprint density at radius 1 is 1.33 bits per heavy atom.